The predicted molar refractivity (Wildman–Crippen MR) is 73.3 cm³/mol. The molecular weight excluding hydrogens is 287 g/mol. The van der Waals surface area contributed by atoms with Crippen LogP contribution in [0.25, 0.3) is 0 Å². The Bertz CT molecular complexity index is 616. The molecule has 0 aliphatic carbocycles. The second kappa shape index (κ2) is 6.29. The molecule has 0 bridgehead atoms. The van der Waals surface area contributed by atoms with Crippen molar-refractivity contribution in [1.82, 2.24) is 5.32 Å². The zero-order chi connectivity index (χ0) is 14.7. The number of hydrogen-bond acceptors (Lipinski definition) is 1. The standard InChI is InChI=1S/C15H13ClF3N/c1-20-14(10-3-2-4-13(18)15(10)19)8-9-5-6-12(17)11(16)7-9/h2-7,14,20H,8H2,1H3. The van der Waals surface area contributed by atoms with Gasteiger partial charge >= 0.3 is 0 Å². The van der Waals surface area contributed by atoms with Crippen LogP contribution in [0.2, 0.25) is 5.02 Å². The van der Waals surface area contributed by atoms with Crippen LogP contribution in [-0.2, 0) is 6.42 Å². The van der Waals surface area contributed by atoms with Crippen LogP contribution >= 0.6 is 11.6 Å². The highest BCUT2D eigenvalue weighted by molar-refractivity contribution is 6.30. The van der Waals surface area contributed by atoms with Gasteiger partial charge in [0.25, 0.3) is 0 Å². The summed E-state index contributed by atoms with van der Waals surface area (Å²) < 4.78 is 40.1. The minimum Gasteiger partial charge on any atom is -0.313 e. The third-order valence-electron chi connectivity index (χ3n) is 3.13. The van der Waals surface area contributed by atoms with Gasteiger partial charge in [0.2, 0.25) is 0 Å². The van der Waals surface area contributed by atoms with Crippen molar-refractivity contribution in [3.8, 4) is 0 Å². The molecule has 1 N–H and O–H groups in total. The molecule has 0 radical (unpaired) electrons. The first-order valence-corrected chi connectivity index (χ1v) is 6.46. The number of hydrogen-bond donors (Lipinski definition) is 1. The van der Waals surface area contributed by atoms with E-state index in [-0.39, 0.29) is 10.6 Å². The Kier molecular flexibility index (Phi) is 4.68. The lowest BCUT2D eigenvalue weighted by Gasteiger charge is -2.18. The van der Waals surface area contributed by atoms with Gasteiger partial charge < -0.3 is 5.32 Å². The largest absolute Gasteiger partial charge is 0.313 e. The molecule has 5 heteroatoms. The van der Waals surface area contributed by atoms with Crippen molar-refractivity contribution in [3.05, 3.63) is 70.0 Å². The smallest absolute Gasteiger partial charge is 0.163 e. The number of benzene rings is 2. The van der Waals surface area contributed by atoms with Gasteiger partial charge in [0, 0.05) is 11.6 Å². The third kappa shape index (κ3) is 3.14. The molecule has 0 aromatic heterocycles. The molecular formula is C15H13ClF3N. The summed E-state index contributed by atoms with van der Waals surface area (Å²) in [4.78, 5) is 0. The highest BCUT2D eigenvalue weighted by Gasteiger charge is 2.17. The van der Waals surface area contributed by atoms with Crippen LogP contribution < -0.4 is 5.32 Å². The molecule has 0 heterocycles. The van der Waals surface area contributed by atoms with Gasteiger partial charge in [-0.1, -0.05) is 29.8 Å². The highest BCUT2D eigenvalue weighted by atomic mass is 35.5. The Morgan fingerprint density at radius 3 is 2.50 bits per heavy atom. The molecule has 0 saturated heterocycles. The molecule has 2 rings (SSSR count). The maximum absolute atomic E-state index is 13.8. The Hall–Kier alpha value is -1.52. The van der Waals surface area contributed by atoms with Crippen molar-refractivity contribution in [1.29, 1.82) is 0 Å². The Morgan fingerprint density at radius 1 is 1.10 bits per heavy atom. The van der Waals surface area contributed by atoms with Crippen LogP contribution in [0.15, 0.2) is 36.4 Å². The Labute approximate surface area is 120 Å². The number of halogens is 4. The molecule has 1 nitrogen and oxygen atoms in total. The molecule has 20 heavy (non-hydrogen) atoms. The van der Waals surface area contributed by atoms with E-state index in [0.717, 1.165) is 11.6 Å². The molecule has 0 spiro atoms. The van der Waals surface area contributed by atoms with Crippen molar-refractivity contribution in [2.24, 2.45) is 0 Å². The topological polar surface area (TPSA) is 12.0 Å². The third-order valence-corrected chi connectivity index (χ3v) is 3.42. The van der Waals surface area contributed by atoms with Crippen molar-refractivity contribution in [2.45, 2.75) is 12.5 Å². The molecule has 106 valence electrons. The fourth-order valence-electron chi connectivity index (χ4n) is 2.06. The maximum atomic E-state index is 13.8. The van der Waals surface area contributed by atoms with E-state index in [0.29, 0.717) is 6.42 Å². The SMILES string of the molecule is CNC(Cc1ccc(F)c(Cl)c1)c1cccc(F)c1F. The van der Waals surface area contributed by atoms with Gasteiger partial charge in [-0.25, -0.2) is 13.2 Å². The molecule has 0 saturated carbocycles. The van der Waals surface area contributed by atoms with Crippen LogP contribution in [0.5, 0.6) is 0 Å². The zero-order valence-electron chi connectivity index (χ0n) is 10.8. The molecule has 0 aliphatic rings. The van der Waals surface area contributed by atoms with E-state index in [1.54, 1.807) is 13.1 Å². The Morgan fingerprint density at radius 2 is 1.85 bits per heavy atom. The van der Waals surface area contributed by atoms with Crippen LogP contribution in [0, 0.1) is 17.5 Å². The molecule has 2 aromatic rings. The fourth-order valence-corrected chi connectivity index (χ4v) is 2.26. The van der Waals surface area contributed by atoms with Crippen LogP contribution in [0.4, 0.5) is 13.2 Å². The lowest BCUT2D eigenvalue weighted by molar-refractivity contribution is 0.473. The van der Waals surface area contributed by atoms with Gasteiger partial charge in [-0.05, 0) is 37.2 Å². The van der Waals surface area contributed by atoms with E-state index in [1.165, 1.54) is 24.3 Å². The van der Waals surface area contributed by atoms with E-state index in [9.17, 15) is 13.2 Å². The predicted octanol–water partition coefficient (Wildman–Crippen LogP) is 4.26. The monoisotopic (exact) mass is 299 g/mol. The van der Waals surface area contributed by atoms with Gasteiger partial charge in [0.1, 0.15) is 5.82 Å². The maximum Gasteiger partial charge on any atom is 0.163 e. The number of likely N-dealkylation sites (N-methyl/N-ethyl adjacent to an activating group) is 1. The minimum absolute atomic E-state index is 0.0112. The van der Waals surface area contributed by atoms with Gasteiger partial charge in [-0.3, -0.25) is 0 Å². The van der Waals surface area contributed by atoms with E-state index in [4.69, 9.17) is 11.6 Å². The van der Waals surface area contributed by atoms with Crippen molar-refractivity contribution >= 4 is 11.6 Å². The second-order valence-electron chi connectivity index (χ2n) is 4.44. The second-order valence-corrected chi connectivity index (χ2v) is 4.84. The summed E-state index contributed by atoms with van der Waals surface area (Å²) in [5, 5.41) is 2.94. The molecule has 1 atom stereocenters. The van der Waals surface area contributed by atoms with E-state index < -0.39 is 23.5 Å². The van der Waals surface area contributed by atoms with Crippen molar-refractivity contribution in [3.63, 3.8) is 0 Å². The summed E-state index contributed by atoms with van der Waals surface area (Å²) in [6, 6.07) is 7.93. The molecule has 0 amide bonds. The van der Waals surface area contributed by atoms with Crippen LogP contribution in [0.3, 0.4) is 0 Å². The normalized spacial score (nSPS) is 12.4. The zero-order valence-corrected chi connectivity index (χ0v) is 11.5. The molecule has 0 fully saturated rings. The van der Waals surface area contributed by atoms with Gasteiger partial charge in [-0.2, -0.15) is 0 Å². The summed E-state index contributed by atoms with van der Waals surface area (Å²) in [5.74, 6) is -2.27. The Balaban J connectivity index is 2.28. The summed E-state index contributed by atoms with van der Waals surface area (Å²) in [5.41, 5.74) is 0.965. The summed E-state index contributed by atoms with van der Waals surface area (Å²) >= 11 is 5.71. The van der Waals surface area contributed by atoms with E-state index in [2.05, 4.69) is 5.32 Å². The average molecular weight is 300 g/mol. The van der Waals surface area contributed by atoms with Gasteiger partial charge in [0.15, 0.2) is 11.6 Å². The first-order valence-electron chi connectivity index (χ1n) is 6.08. The van der Waals surface area contributed by atoms with E-state index >= 15 is 0 Å². The average Bonchev–Trinajstić information content (AvgIpc) is 2.43. The van der Waals surface area contributed by atoms with Gasteiger partial charge in [-0.15, -0.1) is 0 Å². The fraction of sp³-hybridized carbons (Fsp3) is 0.200. The van der Waals surface area contributed by atoms with Crippen molar-refractivity contribution in [2.75, 3.05) is 7.05 Å². The van der Waals surface area contributed by atoms with Gasteiger partial charge in [0.05, 0.1) is 5.02 Å². The number of nitrogens with one attached hydrogen (secondary N) is 1. The number of rotatable bonds is 4. The highest BCUT2D eigenvalue weighted by Crippen LogP contribution is 2.24. The van der Waals surface area contributed by atoms with Crippen LogP contribution in [0.1, 0.15) is 17.2 Å². The summed E-state index contributed by atoms with van der Waals surface area (Å²) in [6.07, 6.45) is 0.372. The summed E-state index contributed by atoms with van der Waals surface area (Å²) in [6.45, 7) is 0. The lowest BCUT2D eigenvalue weighted by atomic mass is 9.98. The van der Waals surface area contributed by atoms with Crippen molar-refractivity contribution < 1.29 is 13.2 Å². The first-order chi connectivity index (χ1) is 9.52. The van der Waals surface area contributed by atoms with E-state index in [1.807, 2.05) is 0 Å². The quantitative estimate of drug-likeness (QED) is 0.889. The minimum atomic E-state index is -0.889. The molecule has 0 aliphatic heterocycles. The summed E-state index contributed by atoms with van der Waals surface area (Å²) in [7, 11) is 1.65. The van der Waals surface area contributed by atoms with Crippen LogP contribution in [-0.4, -0.2) is 7.05 Å². The lowest BCUT2D eigenvalue weighted by Crippen LogP contribution is -2.20. The molecule has 1 unspecified atom stereocenters. The first kappa shape index (κ1) is 14.9. The molecule has 2 aromatic carbocycles.